The molecule has 0 unspecified atom stereocenters. The number of carbonyl (C=O) groups is 1. The SMILES string of the molecule is CC(=O)NS(=O)(=O)c1cccc(C)c1F. The third-order valence-electron chi connectivity index (χ3n) is 1.72. The van der Waals surface area contributed by atoms with Gasteiger partial charge in [0.25, 0.3) is 10.0 Å². The van der Waals surface area contributed by atoms with Crippen molar-refractivity contribution in [1.82, 2.24) is 4.72 Å². The zero-order valence-corrected chi connectivity index (χ0v) is 9.06. The van der Waals surface area contributed by atoms with Crippen molar-refractivity contribution in [3.8, 4) is 0 Å². The van der Waals surface area contributed by atoms with Crippen LogP contribution in [0.25, 0.3) is 0 Å². The van der Waals surface area contributed by atoms with Crippen molar-refractivity contribution in [3.05, 3.63) is 29.6 Å². The first-order chi connectivity index (χ1) is 6.84. The maximum atomic E-state index is 13.4. The van der Waals surface area contributed by atoms with Gasteiger partial charge in [0.05, 0.1) is 0 Å². The number of aryl methyl sites for hydroxylation is 1. The van der Waals surface area contributed by atoms with Crippen LogP contribution in [0, 0.1) is 12.7 Å². The Kier molecular flexibility index (Phi) is 3.09. The van der Waals surface area contributed by atoms with Gasteiger partial charge in [-0.2, -0.15) is 0 Å². The van der Waals surface area contributed by atoms with Crippen LogP contribution in [0.3, 0.4) is 0 Å². The largest absolute Gasteiger partial charge is 0.274 e. The second-order valence-corrected chi connectivity index (χ2v) is 4.70. The van der Waals surface area contributed by atoms with Crippen LogP contribution >= 0.6 is 0 Å². The molecule has 82 valence electrons. The Labute approximate surface area is 87.2 Å². The van der Waals surface area contributed by atoms with E-state index < -0.39 is 26.6 Å². The van der Waals surface area contributed by atoms with E-state index in [0.717, 1.165) is 13.0 Å². The van der Waals surface area contributed by atoms with E-state index in [9.17, 15) is 17.6 Å². The molecule has 1 aromatic rings. The van der Waals surface area contributed by atoms with E-state index in [1.807, 2.05) is 0 Å². The van der Waals surface area contributed by atoms with Gasteiger partial charge in [-0.1, -0.05) is 12.1 Å². The average molecular weight is 231 g/mol. The number of rotatable bonds is 2. The Bertz CT molecular complexity index is 496. The number of amides is 1. The fourth-order valence-corrected chi connectivity index (χ4v) is 2.22. The molecule has 6 heteroatoms. The first kappa shape index (κ1) is 11.6. The van der Waals surface area contributed by atoms with E-state index in [1.54, 1.807) is 4.72 Å². The highest BCUT2D eigenvalue weighted by Gasteiger charge is 2.20. The number of carbonyl (C=O) groups excluding carboxylic acids is 1. The van der Waals surface area contributed by atoms with Crippen LogP contribution in [-0.4, -0.2) is 14.3 Å². The Hall–Kier alpha value is -1.43. The van der Waals surface area contributed by atoms with Crippen molar-refractivity contribution >= 4 is 15.9 Å². The molecule has 1 aromatic carbocycles. The lowest BCUT2D eigenvalue weighted by molar-refractivity contribution is -0.117. The van der Waals surface area contributed by atoms with Gasteiger partial charge < -0.3 is 0 Å². The lowest BCUT2D eigenvalue weighted by Gasteiger charge is -2.06. The molecular weight excluding hydrogens is 221 g/mol. The highest BCUT2D eigenvalue weighted by molar-refractivity contribution is 7.90. The molecule has 0 aliphatic carbocycles. The molecule has 4 nitrogen and oxygen atoms in total. The summed E-state index contributed by atoms with van der Waals surface area (Å²) >= 11 is 0. The summed E-state index contributed by atoms with van der Waals surface area (Å²) in [7, 11) is -4.09. The maximum Gasteiger partial charge on any atom is 0.266 e. The number of hydrogen-bond acceptors (Lipinski definition) is 3. The topological polar surface area (TPSA) is 63.2 Å². The minimum absolute atomic E-state index is 0.210. The van der Waals surface area contributed by atoms with E-state index in [4.69, 9.17) is 0 Å². The number of hydrogen-bond donors (Lipinski definition) is 1. The Morgan fingerprint density at radius 2 is 2.00 bits per heavy atom. The molecule has 0 heterocycles. The van der Waals surface area contributed by atoms with Gasteiger partial charge in [-0.15, -0.1) is 0 Å². The maximum absolute atomic E-state index is 13.4. The first-order valence-corrected chi connectivity index (χ1v) is 5.61. The van der Waals surface area contributed by atoms with Crippen LogP contribution in [0.5, 0.6) is 0 Å². The van der Waals surface area contributed by atoms with Crippen molar-refractivity contribution < 1.29 is 17.6 Å². The molecule has 0 spiro atoms. The monoisotopic (exact) mass is 231 g/mol. The summed E-state index contributed by atoms with van der Waals surface area (Å²) in [6, 6.07) is 3.96. The quantitative estimate of drug-likeness (QED) is 0.824. The molecule has 0 radical (unpaired) electrons. The van der Waals surface area contributed by atoms with Crippen LogP contribution in [0.1, 0.15) is 12.5 Å². The predicted octanol–water partition coefficient (Wildman–Crippen LogP) is 0.959. The molecule has 15 heavy (non-hydrogen) atoms. The van der Waals surface area contributed by atoms with Crippen molar-refractivity contribution in [3.63, 3.8) is 0 Å². The van der Waals surface area contributed by atoms with Crippen molar-refractivity contribution in [2.24, 2.45) is 0 Å². The molecule has 0 fully saturated rings. The van der Waals surface area contributed by atoms with Crippen LogP contribution in [-0.2, 0) is 14.8 Å². The standard InChI is InChI=1S/C9H10FNO3S/c1-6-4-3-5-8(9(6)10)15(13,14)11-7(2)12/h3-5H,1-2H3,(H,11,12). The van der Waals surface area contributed by atoms with Gasteiger partial charge in [0.2, 0.25) is 5.91 Å². The minimum Gasteiger partial charge on any atom is -0.274 e. The van der Waals surface area contributed by atoms with Gasteiger partial charge >= 0.3 is 0 Å². The smallest absolute Gasteiger partial charge is 0.266 e. The van der Waals surface area contributed by atoms with Crippen molar-refractivity contribution in [2.45, 2.75) is 18.7 Å². The fourth-order valence-electron chi connectivity index (χ4n) is 1.07. The molecule has 1 amide bonds. The van der Waals surface area contributed by atoms with Crippen LogP contribution in [0.15, 0.2) is 23.1 Å². The summed E-state index contributed by atoms with van der Waals surface area (Å²) in [5.41, 5.74) is 0.210. The summed E-state index contributed by atoms with van der Waals surface area (Å²) in [5, 5.41) is 0. The lowest BCUT2D eigenvalue weighted by Crippen LogP contribution is -2.29. The summed E-state index contributed by atoms with van der Waals surface area (Å²) in [5.74, 6) is -1.60. The number of sulfonamides is 1. The lowest BCUT2D eigenvalue weighted by atomic mass is 10.2. The third kappa shape index (κ3) is 2.53. The summed E-state index contributed by atoms with van der Waals surface area (Å²) in [6.07, 6.45) is 0. The Balaban J connectivity index is 3.28. The second-order valence-electron chi connectivity index (χ2n) is 3.05. The molecule has 0 bridgehead atoms. The molecule has 0 aliphatic heterocycles. The molecule has 0 saturated carbocycles. The van der Waals surface area contributed by atoms with E-state index in [0.29, 0.717) is 0 Å². The normalized spacial score (nSPS) is 11.1. The minimum atomic E-state index is -4.09. The third-order valence-corrected chi connectivity index (χ3v) is 3.17. The van der Waals surface area contributed by atoms with E-state index in [1.165, 1.54) is 19.1 Å². The molecule has 1 N–H and O–H groups in total. The summed E-state index contributed by atoms with van der Waals surface area (Å²) in [6.45, 7) is 2.49. The van der Waals surface area contributed by atoms with Gasteiger partial charge in [-0.05, 0) is 18.6 Å². The van der Waals surface area contributed by atoms with Crippen LogP contribution in [0.2, 0.25) is 0 Å². The Morgan fingerprint density at radius 3 is 2.53 bits per heavy atom. The molecule has 1 rings (SSSR count). The highest BCUT2D eigenvalue weighted by atomic mass is 32.2. The van der Waals surface area contributed by atoms with Crippen LogP contribution in [0.4, 0.5) is 4.39 Å². The van der Waals surface area contributed by atoms with E-state index in [2.05, 4.69) is 0 Å². The average Bonchev–Trinajstić information content (AvgIpc) is 2.07. The van der Waals surface area contributed by atoms with Gasteiger partial charge in [-0.25, -0.2) is 17.5 Å². The van der Waals surface area contributed by atoms with Crippen molar-refractivity contribution in [1.29, 1.82) is 0 Å². The predicted molar refractivity (Wildman–Crippen MR) is 52.1 cm³/mol. The number of halogens is 1. The van der Waals surface area contributed by atoms with Gasteiger partial charge in [0.15, 0.2) is 0 Å². The molecule has 0 aliphatic rings. The summed E-state index contributed by atoms with van der Waals surface area (Å²) < 4.78 is 38.0. The number of benzene rings is 1. The van der Waals surface area contributed by atoms with Gasteiger partial charge in [0, 0.05) is 6.92 Å². The summed E-state index contributed by atoms with van der Waals surface area (Å²) in [4.78, 5) is 10.1. The fraction of sp³-hybridized carbons (Fsp3) is 0.222. The van der Waals surface area contributed by atoms with Crippen molar-refractivity contribution in [2.75, 3.05) is 0 Å². The zero-order chi connectivity index (χ0) is 11.6. The Morgan fingerprint density at radius 1 is 1.40 bits per heavy atom. The molecule has 0 aromatic heterocycles. The van der Waals surface area contributed by atoms with Crippen LogP contribution < -0.4 is 4.72 Å². The van der Waals surface area contributed by atoms with Gasteiger partial charge in [0.1, 0.15) is 10.7 Å². The van der Waals surface area contributed by atoms with E-state index >= 15 is 0 Å². The molecule has 0 atom stereocenters. The van der Waals surface area contributed by atoms with Gasteiger partial charge in [-0.3, -0.25) is 4.79 Å². The van der Waals surface area contributed by atoms with E-state index in [-0.39, 0.29) is 5.56 Å². The molecular formula is C9H10FNO3S. The second kappa shape index (κ2) is 3.98. The number of nitrogens with one attached hydrogen (secondary N) is 1. The first-order valence-electron chi connectivity index (χ1n) is 4.13. The highest BCUT2D eigenvalue weighted by Crippen LogP contribution is 2.16. The zero-order valence-electron chi connectivity index (χ0n) is 8.24. The molecule has 0 saturated heterocycles.